The predicted molar refractivity (Wildman–Crippen MR) is 93.4 cm³/mol. The number of amides is 1. The molecule has 2 nitrogen and oxygen atoms in total. The second-order valence-electron chi connectivity index (χ2n) is 6.63. The van der Waals surface area contributed by atoms with E-state index in [1.807, 2.05) is 0 Å². The predicted octanol–water partition coefficient (Wildman–Crippen LogP) is 6.86. The summed E-state index contributed by atoms with van der Waals surface area (Å²) in [5.41, 5.74) is -0.300. The monoisotopic (exact) mass is 497 g/mol. The highest BCUT2D eigenvalue weighted by molar-refractivity contribution is 6.06. The Kier molecular flexibility index (Phi) is 6.49. The maximum absolute atomic E-state index is 14.0. The minimum Gasteiger partial charge on any atom is -0.320 e. The van der Waals surface area contributed by atoms with E-state index >= 15 is 0 Å². The van der Waals surface area contributed by atoms with Crippen LogP contribution in [-0.4, -0.2) is 41.9 Å². The number of fused-ring (bicyclic) bond motifs is 1. The van der Waals surface area contributed by atoms with Gasteiger partial charge < -0.3 is 5.32 Å². The van der Waals surface area contributed by atoms with Crippen molar-refractivity contribution in [3.05, 3.63) is 48.5 Å². The Labute approximate surface area is 176 Å². The Balaban J connectivity index is 2.51. The van der Waals surface area contributed by atoms with Gasteiger partial charge in [0, 0.05) is 11.1 Å². The third-order valence-electron chi connectivity index (χ3n) is 4.59. The number of nitrogens with one attached hydrogen (secondary N) is 1. The van der Waals surface area contributed by atoms with Crippen molar-refractivity contribution in [1.82, 2.24) is 0 Å². The van der Waals surface area contributed by atoms with E-state index in [9.17, 15) is 57.5 Å². The van der Waals surface area contributed by atoms with E-state index in [0.29, 0.717) is 5.56 Å². The van der Waals surface area contributed by atoms with Gasteiger partial charge in [0.2, 0.25) is 0 Å². The van der Waals surface area contributed by atoms with E-state index in [4.69, 9.17) is 0 Å². The molecule has 0 radical (unpaired) electrons. The van der Waals surface area contributed by atoms with Crippen molar-refractivity contribution in [2.45, 2.75) is 36.0 Å². The fourth-order valence-electron chi connectivity index (χ4n) is 2.69. The van der Waals surface area contributed by atoms with Crippen LogP contribution in [0.3, 0.4) is 0 Å². The van der Waals surface area contributed by atoms with Crippen LogP contribution in [0, 0.1) is 0 Å². The highest BCUT2D eigenvalue weighted by Crippen LogP contribution is 2.58. The molecule has 0 aliphatic heterocycles. The third kappa shape index (κ3) is 3.78. The highest BCUT2D eigenvalue weighted by Gasteiger charge is 2.89. The summed E-state index contributed by atoms with van der Waals surface area (Å²) in [4.78, 5) is 11.8. The third-order valence-corrected chi connectivity index (χ3v) is 4.59. The molecule has 0 atom stereocenters. The van der Waals surface area contributed by atoms with Crippen molar-refractivity contribution in [2.24, 2.45) is 0 Å². The molecule has 0 saturated carbocycles. The normalized spacial score (nSPS) is 14.0. The van der Waals surface area contributed by atoms with Gasteiger partial charge in [-0.2, -0.15) is 43.9 Å². The molecular formula is C19H11F12NO. The molecule has 0 aromatic heterocycles. The number of halogens is 12. The maximum atomic E-state index is 14.0. The van der Waals surface area contributed by atoms with E-state index in [1.54, 1.807) is 0 Å². The van der Waals surface area contributed by atoms with E-state index in [2.05, 4.69) is 6.58 Å². The number of alkyl halides is 12. The van der Waals surface area contributed by atoms with Gasteiger partial charge in [-0.25, -0.2) is 8.78 Å². The lowest BCUT2D eigenvalue weighted by atomic mass is 9.94. The van der Waals surface area contributed by atoms with Crippen LogP contribution in [0.25, 0.3) is 16.8 Å². The summed E-state index contributed by atoms with van der Waals surface area (Å²) in [6.45, 7) is 3.45. The number of hydrogen-bond donors (Lipinski definition) is 1. The van der Waals surface area contributed by atoms with E-state index < -0.39 is 47.6 Å². The summed E-state index contributed by atoms with van der Waals surface area (Å²) in [6.07, 6.45) is -4.34. The Morgan fingerprint density at radius 3 is 1.79 bits per heavy atom. The van der Waals surface area contributed by atoms with Gasteiger partial charge in [0.05, 0.1) is 0 Å². The van der Waals surface area contributed by atoms with Crippen LogP contribution in [0.15, 0.2) is 43.0 Å². The van der Waals surface area contributed by atoms with Crippen molar-refractivity contribution >= 4 is 28.4 Å². The van der Waals surface area contributed by atoms with Gasteiger partial charge in [-0.05, 0) is 17.0 Å². The average Bonchev–Trinajstić information content (AvgIpc) is 2.73. The number of rotatable bonds is 8. The molecule has 0 saturated heterocycles. The molecule has 0 bridgehead atoms. The molecule has 0 aliphatic carbocycles. The summed E-state index contributed by atoms with van der Waals surface area (Å²) in [6, 6.07) is 7.31. The quantitative estimate of drug-likeness (QED) is 0.397. The number of anilines is 1. The molecule has 0 unspecified atom stereocenters. The van der Waals surface area contributed by atoms with Crippen LogP contribution >= 0.6 is 0 Å². The van der Waals surface area contributed by atoms with Crippen molar-refractivity contribution < 1.29 is 57.5 Å². The first kappa shape index (κ1) is 26.3. The van der Waals surface area contributed by atoms with Gasteiger partial charge in [-0.15, -0.1) is 0 Å². The van der Waals surface area contributed by atoms with Crippen LogP contribution in [0.5, 0.6) is 0 Å². The largest absolute Gasteiger partial charge is 0.393 e. The van der Waals surface area contributed by atoms with Gasteiger partial charge in [0.25, 0.3) is 0 Å². The summed E-state index contributed by atoms with van der Waals surface area (Å²) in [5, 5.41) is 1.27. The number of carbonyl (C=O) groups excluding carboxylic acids is 1. The Hall–Kier alpha value is -2.93. The lowest BCUT2D eigenvalue weighted by molar-refractivity contribution is -0.406. The summed E-state index contributed by atoms with van der Waals surface area (Å²) in [7, 11) is 0. The minimum absolute atomic E-state index is 0.0938. The fraction of sp³-hybridized carbons (Fsp3) is 0.316. The molecule has 0 aliphatic rings. The highest BCUT2D eigenvalue weighted by atomic mass is 19.4. The molecule has 0 heterocycles. The first-order valence-electron chi connectivity index (χ1n) is 8.50. The summed E-state index contributed by atoms with van der Waals surface area (Å²) >= 11 is 0. The van der Waals surface area contributed by atoms with Gasteiger partial charge in [0.1, 0.15) is 0 Å². The van der Waals surface area contributed by atoms with Crippen molar-refractivity contribution in [3.63, 3.8) is 0 Å². The van der Waals surface area contributed by atoms with Crippen LogP contribution in [0.2, 0.25) is 0 Å². The van der Waals surface area contributed by atoms with E-state index in [0.717, 1.165) is 17.4 Å². The topological polar surface area (TPSA) is 29.1 Å². The van der Waals surface area contributed by atoms with Gasteiger partial charge in [0.15, 0.2) is 0 Å². The molecule has 182 valence electrons. The average molecular weight is 497 g/mol. The minimum atomic E-state index is -7.78. The molecule has 33 heavy (non-hydrogen) atoms. The van der Waals surface area contributed by atoms with E-state index in [1.165, 1.54) is 30.3 Å². The molecule has 0 fully saturated rings. The van der Waals surface area contributed by atoms with Crippen LogP contribution in [0.1, 0.15) is 5.56 Å². The van der Waals surface area contributed by atoms with Gasteiger partial charge in [-0.3, -0.25) is 4.79 Å². The molecule has 0 spiro atoms. The zero-order valence-electron chi connectivity index (χ0n) is 15.8. The second kappa shape index (κ2) is 8.13. The molecule has 14 heteroatoms. The lowest BCUT2D eigenvalue weighted by Crippen LogP contribution is -2.70. The van der Waals surface area contributed by atoms with Crippen molar-refractivity contribution in [1.29, 1.82) is 0 Å². The van der Waals surface area contributed by atoms with Crippen molar-refractivity contribution in [3.8, 4) is 0 Å². The summed E-state index contributed by atoms with van der Waals surface area (Å²) < 4.78 is 159. The van der Waals surface area contributed by atoms with E-state index in [-0.39, 0.29) is 10.8 Å². The molecule has 2 aromatic carbocycles. The molecule has 1 amide bonds. The number of benzene rings is 2. The van der Waals surface area contributed by atoms with Gasteiger partial charge >= 0.3 is 41.9 Å². The standard InChI is InChI=1S/C19H11F12NO/c1-2-9-7-8-12(11-6-4-3-5-10(9)11)32-14(33)16(24,25)18(28,29)19(30,31)17(26,27)15(22,23)13(20)21/h2-8,13H,1H2,(H,32,33). The lowest BCUT2D eigenvalue weighted by Gasteiger charge is -2.38. The van der Waals surface area contributed by atoms with Crippen molar-refractivity contribution in [2.75, 3.05) is 5.32 Å². The second-order valence-corrected chi connectivity index (χ2v) is 6.63. The Bertz CT molecular complexity index is 1060. The first-order valence-corrected chi connectivity index (χ1v) is 8.50. The zero-order chi connectivity index (χ0) is 25.6. The Morgan fingerprint density at radius 2 is 1.30 bits per heavy atom. The maximum Gasteiger partial charge on any atom is 0.393 e. The number of hydrogen-bond acceptors (Lipinski definition) is 1. The van der Waals surface area contributed by atoms with Crippen LogP contribution in [-0.2, 0) is 4.79 Å². The SMILES string of the molecule is C=Cc1ccc(NC(=O)C(F)(F)C(F)(F)C(F)(F)C(F)(F)C(F)(F)C(F)F)c2ccccc12. The van der Waals surface area contributed by atoms with Crippen LogP contribution < -0.4 is 5.32 Å². The molecular weight excluding hydrogens is 486 g/mol. The smallest absolute Gasteiger partial charge is 0.320 e. The zero-order valence-corrected chi connectivity index (χ0v) is 15.8. The fourth-order valence-corrected chi connectivity index (χ4v) is 2.69. The first-order chi connectivity index (χ1) is 14.9. The molecule has 2 aromatic rings. The Morgan fingerprint density at radius 1 is 0.788 bits per heavy atom. The molecule has 2 rings (SSSR count). The number of carbonyl (C=O) groups is 1. The van der Waals surface area contributed by atoms with Crippen LogP contribution in [0.4, 0.5) is 58.4 Å². The molecule has 1 N–H and O–H groups in total. The van der Waals surface area contributed by atoms with Gasteiger partial charge in [-0.1, -0.05) is 43.0 Å². The summed E-state index contributed by atoms with van der Waals surface area (Å²) in [5.74, 6) is -40.1.